The van der Waals surface area contributed by atoms with Gasteiger partial charge in [0.2, 0.25) is 0 Å². The second-order valence-corrected chi connectivity index (χ2v) is 17.2. The zero-order valence-electron chi connectivity index (χ0n) is 33.1. The number of cyclic esters (lactones) is 1. The minimum absolute atomic E-state index is 0.000809. The maximum Gasteiger partial charge on any atom is 0.410 e. The standard InChI is InChI=1S/C42H71N2O7/c1-9-35(45)33(6)40-36(49-40)27-29(2)15-14-16-31(4)39-32(5)19-20-37(42(7,48)22-21-30(3)28-38(46)51-39)50-41(47)43-23-25-44(8,26-24-43)34-17-12-10-11-13-18-34/h14-16,19-20,29-30,32-37,39-40,45,48H,9-13,17-18,21-28H2,1-8H3/q+1/b15-14+,20-19+,31-16+/t29-,30-,32+,33-,35+,36-,37+,39-,40-,42-/m1/s1. The van der Waals surface area contributed by atoms with Gasteiger partial charge in [-0.25, -0.2) is 4.79 Å². The van der Waals surface area contributed by atoms with Crippen molar-refractivity contribution in [2.75, 3.05) is 33.2 Å². The van der Waals surface area contributed by atoms with Crippen molar-refractivity contribution in [3.05, 3.63) is 36.0 Å². The van der Waals surface area contributed by atoms with Gasteiger partial charge >= 0.3 is 12.1 Å². The molecule has 51 heavy (non-hydrogen) atoms. The van der Waals surface area contributed by atoms with Crippen molar-refractivity contribution in [2.24, 2.45) is 23.7 Å². The van der Waals surface area contributed by atoms with Gasteiger partial charge in [0.1, 0.15) is 11.7 Å². The molecule has 290 valence electrons. The lowest BCUT2D eigenvalue weighted by Crippen LogP contribution is -2.62. The van der Waals surface area contributed by atoms with Crippen LogP contribution in [0.3, 0.4) is 0 Å². The van der Waals surface area contributed by atoms with Crippen LogP contribution in [0.5, 0.6) is 0 Å². The fourth-order valence-electron chi connectivity index (χ4n) is 8.49. The number of carbonyl (C=O) groups excluding carboxylic acids is 2. The average molecular weight is 716 g/mol. The number of carbonyl (C=O) groups is 2. The number of hydrogen-bond acceptors (Lipinski definition) is 7. The van der Waals surface area contributed by atoms with Gasteiger partial charge in [-0.15, -0.1) is 0 Å². The Morgan fingerprint density at radius 2 is 1.78 bits per heavy atom. The lowest BCUT2D eigenvalue weighted by atomic mass is 9.87. The highest BCUT2D eigenvalue weighted by Crippen LogP contribution is 2.37. The highest BCUT2D eigenvalue weighted by molar-refractivity contribution is 5.70. The molecule has 0 aromatic rings. The molecule has 2 saturated heterocycles. The van der Waals surface area contributed by atoms with Gasteiger partial charge in [0.05, 0.1) is 57.6 Å². The molecular formula is C42H71N2O7+. The average Bonchev–Trinajstić information content (AvgIpc) is 3.90. The summed E-state index contributed by atoms with van der Waals surface area (Å²) in [7, 11) is 2.36. The van der Waals surface area contributed by atoms with Crippen LogP contribution < -0.4 is 0 Å². The highest BCUT2D eigenvalue weighted by atomic mass is 16.6. The van der Waals surface area contributed by atoms with E-state index >= 15 is 0 Å². The molecule has 9 nitrogen and oxygen atoms in total. The molecule has 2 N–H and O–H groups in total. The van der Waals surface area contributed by atoms with E-state index in [2.05, 4.69) is 27.0 Å². The van der Waals surface area contributed by atoms with Crippen molar-refractivity contribution >= 4 is 12.1 Å². The summed E-state index contributed by atoms with van der Waals surface area (Å²) >= 11 is 0. The minimum Gasteiger partial charge on any atom is -0.457 e. The third-order valence-electron chi connectivity index (χ3n) is 12.6. The second-order valence-electron chi connectivity index (χ2n) is 17.2. The largest absolute Gasteiger partial charge is 0.457 e. The maximum atomic E-state index is 13.6. The Morgan fingerprint density at radius 1 is 1.12 bits per heavy atom. The van der Waals surface area contributed by atoms with Gasteiger partial charge in [-0.2, -0.15) is 0 Å². The van der Waals surface area contributed by atoms with E-state index in [0.717, 1.165) is 36.0 Å². The van der Waals surface area contributed by atoms with Gasteiger partial charge in [0, 0.05) is 18.3 Å². The lowest BCUT2D eigenvalue weighted by Gasteiger charge is -2.47. The van der Waals surface area contributed by atoms with Gasteiger partial charge < -0.3 is 28.9 Å². The van der Waals surface area contributed by atoms with Gasteiger partial charge in [0.25, 0.3) is 0 Å². The molecule has 1 aliphatic carbocycles. The summed E-state index contributed by atoms with van der Waals surface area (Å²) in [6.45, 7) is 17.1. The number of allylic oxidation sites excluding steroid dienone is 3. The van der Waals surface area contributed by atoms with Crippen LogP contribution in [0.25, 0.3) is 0 Å². The third-order valence-corrected chi connectivity index (χ3v) is 12.6. The number of amides is 1. The monoisotopic (exact) mass is 716 g/mol. The molecule has 0 spiro atoms. The molecule has 1 saturated carbocycles. The molecule has 4 rings (SSSR count). The van der Waals surface area contributed by atoms with Crippen LogP contribution in [0, 0.1) is 23.7 Å². The van der Waals surface area contributed by atoms with Crippen LogP contribution in [0.1, 0.15) is 119 Å². The Kier molecular flexibility index (Phi) is 15.2. The molecule has 3 aliphatic heterocycles. The molecule has 0 bridgehead atoms. The molecule has 3 heterocycles. The number of quaternary nitrogens is 1. The van der Waals surface area contributed by atoms with Crippen molar-refractivity contribution in [3.63, 3.8) is 0 Å². The van der Waals surface area contributed by atoms with Crippen molar-refractivity contribution in [2.45, 2.75) is 161 Å². The van der Waals surface area contributed by atoms with Gasteiger partial charge in [-0.3, -0.25) is 9.69 Å². The van der Waals surface area contributed by atoms with E-state index < -0.39 is 17.8 Å². The molecule has 9 heteroatoms. The topological polar surface area (TPSA) is 109 Å². The Bertz CT molecular complexity index is 1210. The fraction of sp³-hybridized carbons (Fsp3) is 0.810. The molecule has 1 amide bonds. The number of hydrogen-bond donors (Lipinski definition) is 2. The lowest BCUT2D eigenvalue weighted by molar-refractivity contribution is -0.937. The Morgan fingerprint density at radius 3 is 2.43 bits per heavy atom. The number of aliphatic hydroxyl groups excluding tert-OH is 1. The van der Waals surface area contributed by atoms with E-state index in [-0.39, 0.29) is 60.5 Å². The molecule has 4 aliphatic rings. The highest BCUT2D eigenvalue weighted by Gasteiger charge is 2.45. The number of rotatable bonds is 10. The fourth-order valence-corrected chi connectivity index (χ4v) is 8.49. The van der Waals surface area contributed by atoms with Crippen molar-refractivity contribution in [1.82, 2.24) is 4.90 Å². The van der Waals surface area contributed by atoms with Crippen molar-refractivity contribution in [1.29, 1.82) is 0 Å². The number of ether oxygens (including phenoxy) is 3. The van der Waals surface area contributed by atoms with E-state index in [9.17, 15) is 19.8 Å². The van der Waals surface area contributed by atoms with E-state index in [4.69, 9.17) is 14.2 Å². The smallest absolute Gasteiger partial charge is 0.410 e. The van der Waals surface area contributed by atoms with Crippen LogP contribution in [-0.4, -0.2) is 107 Å². The van der Waals surface area contributed by atoms with Gasteiger partial charge in [-0.1, -0.05) is 71.8 Å². The van der Waals surface area contributed by atoms with E-state index in [1.807, 2.05) is 50.8 Å². The summed E-state index contributed by atoms with van der Waals surface area (Å²) in [4.78, 5) is 28.5. The summed E-state index contributed by atoms with van der Waals surface area (Å²) < 4.78 is 19.2. The zero-order valence-corrected chi connectivity index (χ0v) is 33.1. The van der Waals surface area contributed by atoms with E-state index in [1.165, 1.54) is 38.5 Å². The van der Waals surface area contributed by atoms with Crippen LogP contribution in [0.4, 0.5) is 4.79 Å². The Hall–Kier alpha value is -2.20. The summed E-state index contributed by atoms with van der Waals surface area (Å²) in [5.41, 5.74) is -0.378. The number of aliphatic hydroxyl groups is 2. The van der Waals surface area contributed by atoms with Gasteiger partial charge in [0.15, 0.2) is 6.10 Å². The molecule has 0 radical (unpaired) electrons. The number of likely N-dealkylation sites (N-methyl/N-ethyl adjacent to an activating group) is 1. The normalized spacial score (nSPS) is 35.5. The third kappa shape index (κ3) is 11.9. The van der Waals surface area contributed by atoms with E-state index in [1.54, 1.807) is 13.0 Å². The second kappa shape index (κ2) is 18.7. The quantitative estimate of drug-likeness (QED) is 0.0608. The first kappa shape index (κ1) is 41.6. The predicted octanol–water partition coefficient (Wildman–Crippen LogP) is 7.35. The van der Waals surface area contributed by atoms with Crippen molar-refractivity contribution in [3.8, 4) is 0 Å². The first-order chi connectivity index (χ1) is 24.1. The number of nitrogens with zero attached hydrogens (tertiary/aromatic N) is 2. The molecule has 10 atom stereocenters. The summed E-state index contributed by atoms with van der Waals surface area (Å²) in [5.74, 6) is -0.0487. The zero-order chi connectivity index (χ0) is 37.3. The summed E-state index contributed by atoms with van der Waals surface area (Å²) in [6, 6.07) is 0.669. The summed E-state index contributed by atoms with van der Waals surface area (Å²) in [6.07, 6.45) is 18.8. The predicted molar refractivity (Wildman–Crippen MR) is 202 cm³/mol. The Balaban J connectivity index is 1.41. The molecule has 0 unspecified atom stereocenters. The molecule has 0 aromatic carbocycles. The summed E-state index contributed by atoms with van der Waals surface area (Å²) in [5, 5.41) is 21.9. The molecule has 0 aromatic heterocycles. The van der Waals surface area contributed by atoms with Crippen molar-refractivity contribution < 1.29 is 38.5 Å². The van der Waals surface area contributed by atoms with Crippen LogP contribution in [-0.2, 0) is 19.0 Å². The minimum atomic E-state index is -1.29. The number of esters is 1. The van der Waals surface area contributed by atoms with Crippen LogP contribution >= 0.6 is 0 Å². The van der Waals surface area contributed by atoms with Crippen LogP contribution in [0.2, 0.25) is 0 Å². The first-order valence-corrected chi connectivity index (χ1v) is 20.2. The SMILES string of the molecule is CC[C@H](O)[C@@H](C)[C@H]1O[C@@H]1C[C@H](C)/C=C/C=C(\C)[C@H]1OC(=O)C[C@H](C)CC[C@@](C)(O)[C@@H](OC(=O)N2CC[N+](C)(C3CCCCCC3)CC2)/C=C/[C@@H]1C. The van der Waals surface area contributed by atoms with Gasteiger partial charge in [-0.05, 0) is 88.7 Å². The number of piperazine rings is 1. The maximum absolute atomic E-state index is 13.6. The van der Waals surface area contributed by atoms with E-state index in [0.29, 0.717) is 32.0 Å². The number of epoxide rings is 1. The first-order valence-electron chi connectivity index (χ1n) is 20.2. The molecule has 3 fully saturated rings. The Labute approximate surface area is 309 Å². The molecular weight excluding hydrogens is 644 g/mol. The van der Waals surface area contributed by atoms with Crippen LogP contribution in [0.15, 0.2) is 36.0 Å².